The lowest BCUT2D eigenvalue weighted by atomic mass is 10.0. The zero-order valence-electron chi connectivity index (χ0n) is 19.3. The van der Waals surface area contributed by atoms with Crippen molar-refractivity contribution >= 4 is 22.8 Å². The molecule has 3 aromatic rings. The number of halogens is 2. The van der Waals surface area contributed by atoms with Gasteiger partial charge in [-0.3, -0.25) is 0 Å². The highest BCUT2D eigenvalue weighted by atomic mass is 19.3. The van der Waals surface area contributed by atoms with E-state index < -0.39 is 12.5 Å². The number of aromatic nitrogens is 2. The summed E-state index contributed by atoms with van der Waals surface area (Å²) in [7, 11) is 1.55. The molecule has 1 aromatic heterocycles. The van der Waals surface area contributed by atoms with Crippen LogP contribution in [0.2, 0.25) is 0 Å². The van der Waals surface area contributed by atoms with Gasteiger partial charge >= 0.3 is 6.09 Å². The first-order valence-corrected chi connectivity index (χ1v) is 11.3. The maximum Gasteiger partial charge on any atom is 0.407 e. The van der Waals surface area contributed by atoms with Gasteiger partial charge in [0.05, 0.1) is 12.1 Å². The van der Waals surface area contributed by atoms with Crippen molar-refractivity contribution in [3.8, 4) is 11.4 Å². The van der Waals surface area contributed by atoms with Gasteiger partial charge in [0.2, 0.25) is 0 Å². The van der Waals surface area contributed by atoms with Crippen LogP contribution in [0.15, 0.2) is 42.5 Å². The maximum absolute atomic E-state index is 13.7. The monoisotopic (exact) mass is 472 g/mol. The summed E-state index contributed by atoms with van der Waals surface area (Å²) < 4.78 is 37.3. The van der Waals surface area contributed by atoms with Crippen molar-refractivity contribution in [3.05, 3.63) is 53.6 Å². The highest BCUT2D eigenvalue weighted by Gasteiger charge is 2.25. The molecule has 0 atom stereocenters. The molecule has 34 heavy (non-hydrogen) atoms. The average molecular weight is 473 g/mol. The molecule has 1 fully saturated rings. The number of ether oxygens (including phenoxy) is 2. The number of aryl methyl sites for hydroxylation is 1. The van der Waals surface area contributed by atoms with Crippen molar-refractivity contribution in [1.29, 1.82) is 0 Å². The summed E-state index contributed by atoms with van der Waals surface area (Å²) in [5.74, 6) is 0.996. The molecule has 1 aliphatic heterocycles. The number of hydrogen-bond donors (Lipinski definition) is 1. The number of benzene rings is 2. The molecule has 1 saturated heterocycles. The standard InChI is InChI=1S/C25H28F2N4O3.H2/c1-16-7-8-20-21(15-16)29-23(19-6-4-3-5-18(19)22(26)27)30-24(20)31-11-9-17(10-12-31)28-25(32)34-14-13-33-2;/h3-8,15,17,22H,9-14H2,1-2H3,(H,28,32);1H. The third kappa shape index (κ3) is 5.41. The quantitative estimate of drug-likeness (QED) is 0.481. The Morgan fingerprint density at radius 2 is 1.94 bits per heavy atom. The first kappa shape index (κ1) is 23.8. The lowest BCUT2D eigenvalue weighted by Gasteiger charge is -2.33. The van der Waals surface area contributed by atoms with Crippen molar-refractivity contribution in [1.82, 2.24) is 15.3 Å². The van der Waals surface area contributed by atoms with Gasteiger partial charge in [0.15, 0.2) is 5.82 Å². The Morgan fingerprint density at radius 3 is 2.68 bits per heavy atom. The molecular formula is C25H30F2N4O3. The lowest BCUT2D eigenvalue weighted by molar-refractivity contribution is 0.0956. The van der Waals surface area contributed by atoms with E-state index in [9.17, 15) is 13.6 Å². The van der Waals surface area contributed by atoms with Crippen LogP contribution in [0.4, 0.5) is 19.4 Å². The third-order valence-electron chi connectivity index (χ3n) is 5.91. The van der Waals surface area contributed by atoms with Crippen molar-refractivity contribution in [2.45, 2.75) is 32.2 Å². The van der Waals surface area contributed by atoms with Gasteiger partial charge in [0, 0.05) is 44.2 Å². The minimum absolute atomic E-state index is 0. The van der Waals surface area contributed by atoms with Crippen LogP contribution in [-0.4, -0.2) is 55.5 Å². The number of hydrogen-bond acceptors (Lipinski definition) is 6. The van der Waals surface area contributed by atoms with Crippen LogP contribution in [0.25, 0.3) is 22.3 Å². The molecule has 2 heterocycles. The van der Waals surface area contributed by atoms with Gasteiger partial charge in [-0.15, -0.1) is 0 Å². The molecule has 4 rings (SSSR count). The van der Waals surface area contributed by atoms with E-state index in [4.69, 9.17) is 14.5 Å². The van der Waals surface area contributed by atoms with Gasteiger partial charge in [-0.1, -0.05) is 30.3 Å². The molecule has 182 valence electrons. The maximum atomic E-state index is 13.7. The van der Waals surface area contributed by atoms with Gasteiger partial charge < -0.3 is 19.7 Å². The fourth-order valence-electron chi connectivity index (χ4n) is 4.14. The normalized spacial score (nSPS) is 14.6. The van der Waals surface area contributed by atoms with Crippen LogP contribution in [0.5, 0.6) is 0 Å². The van der Waals surface area contributed by atoms with Gasteiger partial charge in [-0.25, -0.2) is 23.5 Å². The summed E-state index contributed by atoms with van der Waals surface area (Å²) >= 11 is 0. The predicted octanol–water partition coefficient (Wildman–Crippen LogP) is 5.13. The number of piperidine rings is 1. The Morgan fingerprint density at radius 1 is 1.18 bits per heavy atom. The fraction of sp³-hybridized carbons (Fsp3) is 0.400. The number of fused-ring (bicyclic) bond motifs is 1. The molecule has 0 spiro atoms. The molecule has 0 aliphatic carbocycles. The van der Waals surface area contributed by atoms with Crippen LogP contribution < -0.4 is 10.2 Å². The largest absolute Gasteiger partial charge is 0.447 e. The van der Waals surface area contributed by atoms with E-state index in [2.05, 4.69) is 15.2 Å². The van der Waals surface area contributed by atoms with E-state index >= 15 is 0 Å². The van der Waals surface area contributed by atoms with E-state index in [1.807, 2.05) is 25.1 Å². The summed E-state index contributed by atoms with van der Waals surface area (Å²) in [4.78, 5) is 23.5. The Labute approximate surface area is 198 Å². The van der Waals surface area contributed by atoms with Crippen LogP contribution >= 0.6 is 0 Å². The van der Waals surface area contributed by atoms with Gasteiger partial charge in [0.25, 0.3) is 6.43 Å². The fourth-order valence-corrected chi connectivity index (χ4v) is 4.14. The zero-order valence-corrected chi connectivity index (χ0v) is 19.3. The number of anilines is 1. The number of carbonyl (C=O) groups excluding carboxylic acids is 1. The molecule has 0 bridgehead atoms. The third-order valence-corrected chi connectivity index (χ3v) is 5.91. The van der Waals surface area contributed by atoms with E-state index in [0.717, 1.165) is 10.9 Å². The minimum Gasteiger partial charge on any atom is -0.447 e. The second-order valence-corrected chi connectivity index (χ2v) is 8.31. The van der Waals surface area contributed by atoms with Crippen LogP contribution in [0.3, 0.4) is 0 Å². The molecule has 0 unspecified atom stereocenters. The molecule has 0 radical (unpaired) electrons. The predicted molar refractivity (Wildman–Crippen MR) is 128 cm³/mol. The van der Waals surface area contributed by atoms with Crippen molar-refractivity contribution in [2.75, 3.05) is 38.3 Å². The zero-order chi connectivity index (χ0) is 24.1. The number of carbonyl (C=O) groups is 1. The number of methoxy groups -OCH3 is 1. The molecule has 1 N–H and O–H groups in total. The number of alkyl halides is 2. The van der Waals surface area contributed by atoms with Gasteiger partial charge in [-0.2, -0.15) is 0 Å². The molecular weight excluding hydrogens is 442 g/mol. The number of nitrogens with zero attached hydrogens (tertiary/aromatic N) is 3. The summed E-state index contributed by atoms with van der Waals surface area (Å²) in [5, 5.41) is 3.76. The summed E-state index contributed by atoms with van der Waals surface area (Å²) in [5.41, 5.74) is 1.99. The first-order chi connectivity index (χ1) is 16.5. The van der Waals surface area contributed by atoms with Crippen LogP contribution in [-0.2, 0) is 9.47 Å². The van der Waals surface area contributed by atoms with E-state index in [-0.39, 0.29) is 25.5 Å². The van der Waals surface area contributed by atoms with Crippen LogP contribution in [0.1, 0.15) is 31.8 Å². The summed E-state index contributed by atoms with van der Waals surface area (Å²) in [6.07, 6.45) is -1.66. The second kappa shape index (κ2) is 10.7. The lowest BCUT2D eigenvalue weighted by Crippen LogP contribution is -2.45. The number of rotatable bonds is 7. The molecule has 1 aliphatic rings. The number of amides is 1. The smallest absolute Gasteiger partial charge is 0.407 e. The van der Waals surface area contributed by atoms with Crippen molar-refractivity contribution in [3.63, 3.8) is 0 Å². The number of nitrogens with one attached hydrogen (secondary N) is 1. The highest BCUT2D eigenvalue weighted by Crippen LogP contribution is 2.34. The highest BCUT2D eigenvalue weighted by molar-refractivity contribution is 5.91. The second-order valence-electron chi connectivity index (χ2n) is 8.31. The van der Waals surface area contributed by atoms with E-state index in [1.165, 1.54) is 6.07 Å². The number of alkyl carbamates (subject to hydrolysis) is 1. The molecule has 7 nitrogen and oxygen atoms in total. The topological polar surface area (TPSA) is 76.6 Å². The molecule has 0 saturated carbocycles. The summed E-state index contributed by atoms with van der Waals surface area (Å²) in [6.45, 7) is 3.83. The Hall–Kier alpha value is -3.33. The SMILES string of the molecule is COCCOC(=O)NC1CCN(c2nc(-c3ccccc3C(F)F)nc3cc(C)ccc23)CC1.[HH]. The molecule has 1 amide bonds. The minimum atomic E-state index is -2.62. The summed E-state index contributed by atoms with van der Waals surface area (Å²) in [6, 6.07) is 12.2. The van der Waals surface area contributed by atoms with Crippen molar-refractivity contribution in [2.24, 2.45) is 0 Å². The van der Waals surface area contributed by atoms with Gasteiger partial charge in [-0.05, 0) is 37.5 Å². The Balaban J connectivity index is 0.00000342. The van der Waals surface area contributed by atoms with Crippen molar-refractivity contribution < 1.29 is 24.5 Å². The molecule has 2 aromatic carbocycles. The molecule has 9 heteroatoms. The van der Waals surface area contributed by atoms with Gasteiger partial charge in [0.1, 0.15) is 12.4 Å². The first-order valence-electron chi connectivity index (χ1n) is 11.3. The van der Waals surface area contributed by atoms with E-state index in [0.29, 0.717) is 49.4 Å². The average Bonchev–Trinajstić information content (AvgIpc) is 2.84. The Bertz CT molecular complexity index is 1160. The van der Waals surface area contributed by atoms with Crippen LogP contribution in [0, 0.1) is 6.92 Å². The van der Waals surface area contributed by atoms with E-state index in [1.54, 1.807) is 25.3 Å². The Kier molecular flexibility index (Phi) is 7.52.